The zero-order chi connectivity index (χ0) is 16.3. The predicted octanol–water partition coefficient (Wildman–Crippen LogP) is 1.21. The van der Waals surface area contributed by atoms with Crippen LogP contribution in [0.3, 0.4) is 0 Å². The van der Waals surface area contributed by atoms with Crippen LogP contribution in [0.25, 0.3) is 0 Å². The van der Waals surface area contributed by atoms with Crippen molar-refractivity contribution in [2.75, 3.05) is 13.1 Å². The van der Waals surface area contributed by atoms with Gasteiger partial charge in [-0.3, -0.25) is 24.8 Å². The number of hydrogen-bond donors (Lipinski definition) is 2. The van der Waals surface area contributed by atoms with E-state index in [2.05, 4.69) is 10.2 Å². The van der Waals surface area contributed by atoms with Crippen molar-refractivity contribution >= 4 is 17.6 Å². The van der Waals surface area contributed by atoms with E-state index in [9.17, 15) is 19.7 Å². The maximum atomic E-state index is 12.4. The lowest BCUT2D eigenvalue weighted by Crippen LogP contribution is -2.40. The lowest BCUT2D eigenvalue weighted by molar-refractivity contribution is -0.385. The number of aliphatic carboxylic acids is 1. The quantitative estimate of drug-likeness (QED) is 0.621. The average Bonchev–Trinajstić information content (AvgIpc) is 2.91. The van der Waals surface area contributed by atoms with Gasteiger partial charge in [-0.1, -0.05) is 13.3 Å². The molecule has 0 radical (unpaired) electrons. The normalized spacial score (nSPS) is 15.8. The fourth-order valence-electron chi connectivity index (χ4n) is 2.62. The molecule has 0 saturated carbocycles. The molecule has 0 aliphatic carbocycles. The molecule has 0 spiro atoms. The standard InChI is InChI=1S/C13H18N4O5/c1-2-3-9-11(17(21)22)10(15-14-9)12(18)16-6-4-8(5-7-16)13(19)20/h8H,2-7H2,1H3,(H,14,15)(H,19,20). The highest BCUT2D eigenvalue weighted by Gasteiger charge is 2.34. The molecule has 0 unspecified atom stereocenters. The van der Waals surface area contributed by atoms with Crippen molar-refractivity contribution < 1.29 is 19.6 Å². The van der Waals surface area contributed by atoms with Crippen LogP contribution in [0.15, 0.2) is 0 Å². The summed E-state index contributed by atoms with van der Waals surface area (Å²) in [6, 6.07) is 0. The molecule has 1 aliphatic heterocycles. The summed E-state index contributed by atoms with van der Waals surface area (Å²) in [5.41, 5.74) is -0.120. The number of nitrogens with one attached hydrogen (secondary N) is 1. The number of H-pyrrole nitrogens is 1. The molecular formula is C13H18N4O5. The van der Waals surface area contributed by atoms with Gasteiger partial charge in [-0.05, 0) is 19.3 Å². The third-order valence-electron chi connectivity index (χ3n) is 3.83. The zero-order valence-corrected chi connectivity index (χ0v) is 12.2. The minimum Gasteiger partial charge on any atom is -0.481 e. The van der Waals surface area contributed by atoms with Crippen molar-refractivity contribution in [2.45, 2.75) is 32.6 Å². The minimum atomic E-state index is -0.872. The van der Waals surface area contributed by atoms with Crippen LogP contribution < -0.4 is 0 Å². The van der Waals surface area contributed by atoms with Crippen LogP contribution >= 0.6 is 0 Å². The van der Waals surface area contributed by atoms with Gasteiger partial charge in [0.1, 0.15) is 5.69 Å². The summed E-state index contributed by atoms with van der Waals surface area (Å²) in [4.78, 5) is 35.4. The maximum absolute atomic E-state index is 12.4. The monoisotopic (exact) mass is 310 g/mol. The van der Waals surface area contributed by atoms with E-state index >= 15 is 0 Å². The highest BCUT2D eigenvalue weighted by Crippen LogP contribution is 2.26. The number of amides is 1. The van der Waals surface area contributed by atoms with Crippen molar-refractivity contribution in [1.82, 2.24) is 15.1 Å². The number of carbonyl (C=O) groups excluding carboxylic acids is 1. The first kappa shape index (κ1) is 15.9. The van der Waals surface area contributed by atoms with Crippen molar-refractivity contribution in [2.24, 2.45) is 5.92 Å². The molecule has 22 heavy (non-hydrogen) atoms. The topological polar surface area (TPSA) is 129 Å². The van der Waals surface area contributed by atoms with Crippen LogP contribution in [0.4, 0.5) is 5.69 Å². The Labute approximate surface area is 126 Å². The first-order chi connectivity index (χ1) is 10.5. The van der Waals surface area contributed by atoms with E-state index in [1.807, 2.05) is 6.92 Å². The van der Waals surface area contributed by atoms with Gasteiger partial charge in [0, 0.05) is 13.1 Å². The summed E-state index contributed by atoms with van der Waals surface area (Å²) in [5.74, 6) is -1.86. The fraction of sp³-hybridized carbons (Fsp3) is 0.615. The Hall–Kier alpha value is -2.45. The number of nitro groups is 1. The number of aromatic amines is 1. The fourth-order valence-corrected chi connectivity index (χ4v) is 2.62. The molecular weight excluding hydrogens is 292 g/mol. The Morgan fingerprint density at radius 2 is 2.09 bits per heavy atom. The van der Waals surface area contributed by atoms with Crippen molar-refractivity contribution in [3.8, 4) is 0 Å². The zero-order valence-electron chi connectivity index (χ0n) is 12.2. The summed E-state index contributed by atoms with van der Waals surface area (Å²) in [7, 11) is 0. The molecule has 2 rings (SSSR count). The molecule has 9 heteroatoms. The molecule has 1 aliphatic rings. The number of aryl methyl sites for hydroxylation is 1. The molecule has 9 nitrogen and oxygen atoms in total. The van der Waals surface area contributed by atoms with Crippen molar-refractivity contribution in [3.63, 3.8) is 0 Å². The summed E-state index contributed by atoms with van der Waals surface area (Å²) >= 11 is 0. The molecule has 1 aromatic rings. The number of carboxylic acid groups (broad SMARTS) is 1. The average molecular weight is 310 g/mol. The number of aromatic nitrogens is 2. The summed E-state index contributed by atoms with van der Waals surface area (Å²) in [5, 5.41) is 26.5. The number of rotatable bonds is 5. The maximum Gasteiger partial charge on any atom is 0.322 e. The van der Waals surface area contributed by atoms with E-state index in [0.29, 0.717) is 31.4 Å². The second-order valence-corrected chi connectivity index (χ2v) is 5.31. The SMILES string of the molecule is CCCc1[nH]nc(C(=O)N2CCC(C(=O)O)CC2)c1[N+](=O)[O-]. The van der Waals surface area contributed by atoms with Crippen LogP contribution in [0.5, 0.6) is 0 Å². The van der Waals surface area contributed by atoms with Gasteiger partial charge < -0.3 is 10.0 Å². The predicted molar refractivity (Wildman–Crippen MR) is 75.5 cm³/mol. The number of likely N-dealkylation sites (tertiary alicyclic amines) is 1. The van der Waals surface area contributed by atoms with Crippen LogP contribution in [0.2, 0.25) is 0 Å². The molecule has 2 heterocycles. The smallest absolute Gasteiger partial charge is 0.322 e. The minimum absolute atomic E-state index is 0.192. The van der Waals surface area contributed by atoms with Gasteiger partial charge in [-0.25, -0.2) is 0 Å². The lowest BCUT2D eigenvalue weighted by atomic mass is 9.97. The number of hydrogen-bond acceptors (Lipinski definition) is 5. The van der Waals surface area contributed by atoms with Gasteiger partial charge in [0.25, 0.3) is 5.91 Å². The number of nitrogens with zero attached hydrogens (tertiary/aromatic N) is 3. The van der Waals surface area contributed by atoms with E-state index in [-0.39, 0.29) is 24.5 Å². The second-order valence-electron chi connectivity index (χ2n) is 5.31. The van der Waals surface area contributed by atoms with Crippen molar-refractivity contribution in [1.29, 1.82) is 0 Å². The van der Waals surface area contributed by atoms with Crippen LogP contribution in [-0.4, -0.2) is 50.1 Å². The van der Waals surface area contributed by atoms with E-state index in [1.54, 1.807) is 0 Å². The number of piperidine rings is 1. The summed E-state index contributed by atoms with van der Waals surface area (Å²) in [6.07, 6.45) is 1.83. The van der Waals surface area contributed by atoms with Gasteiger partial charge in [0.2, 0.25) is 5.69 Å². The van der Waals surface area contributed by atoms with E-state index in [4.69, 9.17) is 5.11 Å². The third kappa shape index (κ3) is 3.07. The van der Waals surface area contributed by atoms with Crippen LogP contribution in [0.1, 0.15) is 42.4 Å². The molecule has 0 atom stereocenters. The highest BCUT2D eigenvalue weighted by molar-refractivity contribution is 5.96. The van der Waals surface area contributed by atoms with Crippen LogP contribution in [-0.2, 0) is 11.2 Å². The van der Waals surface area contributed by atoms with Gasteiger partial charge in [0.15, 0.2) is 0 Å². The summed E-state index contributed by atoms with van der Waals surface area (Å²) in [6.45, 7) is 2.41. The molecule has 1 fully saturated rings. The first-order valence-electron chi connectivity index (χ1n) is 7.19. The Bertz CT molecular complexity index is 589. The number of carbonyl (C=O) groups is 2. The van der Waals surface area contributed by atoms with Crippen molar-refractivity contribution in [3.05, 3.63) is 21.5 Å². The number of carboxylic acids is 1. The van der Waals surface area contributed by atoms with Gasteiger partial charge in [0.05, 0.1) is 10.8 Å². The molecule has 0 aromatic carbocycles. The van der Waals surface area contributed by atoms with Crippen LogP contribution in [0, 0.1) is 16.0 Å². The Morgan fingerprint density at radius 1 is 1.45 bits per heavy atom. The summed E-state index contributed by atoms with van der Waals surface area (Å²) < 4.78 is 0. The van der Waals surface area contributed by atoms with Gasteiger partial charge in [-0.2, -0.15) is 5.10 Å². The highest BCUT2D eigenvalue weighted by atomic mass is 16.6. The molecule has 1 saturated heterocycles. The van der Waals surface area contributed by atoms with E-state index in [1.165, 1.54) is 4.90 Å². The molecule has 0 bridgehead atoms. The lowest BCUT2D eigenvalue weighted by Gasteiger charge is -2.29. The molecule has 1 amide bonds. The Kier molecular flexibility index (Phi) is 4.74. The Balaban J connectivity index is 2.17. The Morgan fingerprint density at radius 3 is 2.59 bits per heavy atom. The third-order valence-corrected chi connectivity index (χ3v) is 3.83. The van der Waals surface area contributed by atoms with Gasteiger partial charge in [-0.15, -0.1) is 0 Å². The second kappa shape index (κ2) is 6.54. The molecule has 1 aromatic heterocycles. The van der Waals surface area contributed by atoms with Gasteiger partial charge >= 0.3 is 11.7 Å². The largest absolute Gasteiger partial charge is 0.481 e. The molecule has 120 valence electrons. The molecule has 2 N–H and O–H groups in total. The van der Waals surface area contributed by atoms with E-state index in [0.717, 1.165) is 0 Å². The van der Waals surface area contributed by atoms with E-state index < -0.39 is 22.7 Å². The first-order valence-corrected chi connectivity index (χ1v) is 7.19.